The van der Waals surface area contributed by atoms with E-state index in [4.69, 9.17) is 4.74 Å². The van der Waals surface area contributed by atoms with Gasteiger partial charge in [0.2, 0.25) is 5.91 Å². The minimum Gasteiger partial charge on any atom is -0.372 e. The molecule has 0 radical (unpaired) electrons. The molecule has 86 valence electrons. The summed E-state index contributed by atoms with van der Waals surface area (Å²) in [5.41, 5.74) is 1.03. The zero-order valence-electron chi connectivity index (χ0n) is 9.45. The van der Waals surface area contributed by atoms with E-state index in [0.717, 1.165) is 0 Å². The molecule has 4 nitrogen and oxygen atoms in total. The lowest BCUT2D eigenvalue weighted by Crippen LogP contribution is -2.19. The van der Waals surface area contributed by atoms with Crippen LogP contribution in [-0.4, -0.2) is 24.9 Å². The molecule has 0 unspecified atom stereocenters. The fourth-order valence-corrected chi connectivity index (χ4v) is 1.28. The minimum absolute atomic E-state index is 0.00272. The number of benzene rings is 1. The first-order valence-corrected chi connectivity index (χ1v) is 5.12. The zero-order valence-corrected chi connectivity index (χ0v) is 9.45. The van der Waals surface area contributed by atoms with Gasteiger partial charge in [0.25, 0.3) is 0 Å². The summed E-state index contributed by atoms with van der Waals surface area (Å²) in [7, 11) is 0. The first-order chi connectivity index (χ1) is 7.65. The number of nitrogens with one attached hydrogen (secondary N) is 1. The maximum absolute atomic E-state index is 11.4. The van der Waals surface area contributed by atoms with Crippen molar-refractivity contribution in [3.8, 4) is 0 Å². The quantitative estimate of drug-likeness (QED) is 0.772. The molecule has 1 rings (SSSR count). The van der Waals surface area contributed by atoms with E-state index in [9.17, 15) is 9.59 Å². The lowest BCUT2D eigenvalue weighted by molar-refractivity contribution is -0.120. The minimum atomic E-state index is -0.254. The van der Waals surface area contributed by atoms with E-state index < -0.39 is 0 Å². The largest absolute Gasteiger partial charge is 0.372 e. The van der Waals surface area contributed by atoms with E-state index in [-0.39, 0.29) is 18.3 Å². The predicted octanol–water partition coefficient (Wildman–Crippen LogP) is 1.86. The van der Waals surface area contributed by atoms with Gasteiger partial charge in [-0.15, -0.1) is 0 Å². The van der Waals surface area contributed by atoms with E-state index in [2.05, 4.69) is 5.32 Å². The highest BCUT2D eigenvalue weighted by Crippen LogP contribution is 2.15. The van der Waals surface area contributed by atoms with Crippen LogP contribution in [0.4, 0.5) is 5.69 Å². The number of hydrogen-bond donors (Lipinski definition) is 1. The number of carbonyl (C=O) groups is 2. The number of anilines is 1. The highest BCUT2D eigenvalue weighted by molar-refractivity contribution is 6.03. The Bertz CT molecular complexity index is 388. The first kappa shape index (κ1) is 12.4. The van der Waals surface area contributed by atoms with Crippen molar-refractivity contribution in [3.63, 3.8) is 0 Å². The van der Waals surface area contributed by atoms with Crippen molar-refractivity contribution in [2.24, 2.45) is 0 Å². The molecule has 0 aliphatic heterocycles. The molecule has 0 spiro atoms. The van der Waals surface area contributed by atoms with Crippen LogP contribution in [-0.2, 0) is 9.53 Å². The lowest BCUT2D eigenvalue weighted by atomic mass is 10.1. The molecule has 0 aliphatic carbocycles. The second-order valence-corrected chi connectivity index (χ2v) is 3.29. The molecule has 0 heterocycles. The van der Waals surface area contributed by atoms with Crippen molar-refractivity contribution in [2.75, 3.05) is 18.5 Å². The Hall–Kier alpha value is -1.68. The van der Waals surface area contributed by atoms with Crippen LogP contribution >= 0.6 is 0 Å². The van der Waals surface area contributed by atoms with Gasteiger partial charge in [-0.25, -0.2) is 0 Å². The molecule has 16 heavy (non-hydrogen) atoms. The van der Waals surface area contributed by atoms with Gasteiger partial charge >= 0.3 is 0 Å². The van der Waals surface area contributed by atoms with Crippen molar-refractivity contribution >= 4 is 17.4 Å². The SMILES string of the molecule is CCOCC(=O)Nc1ccccc1C(C)=O. The highest BCUT2D eigenvalue weighted by Gasteiger charge is 2.08. The molecule has 1 aromatic carbocycles. The molecular weight excluding hydrogens is 206 g/mol. The Balaban J connectivity index is 2.73. The van der Waals surface area contributed by atoms with Gasteiger partial charge in [0.1, 0.15) is 6.61 Å². The maximum atomic E-state index is 11.4. The number of rotatable bonds is 5. The monoisotopic (exact) mass is 221 g/mol. The van der Waals surface area contributed by atoms with Crippen molar-refractivity contribution in [3.05, 3.63) is 29.8 Å². The Kier molecular flexibility index (Phi) is 4.66. The summed E-state index contributed by atoms with van der Waals surface area (Å²) in [6.45, 7) is 3.77. The average Bonchev–Trinajstić information content (AvgIpc) is 2.27. The topological polar surface area (TPSA) is 55.4 Å². The van der Waals surface area contributed by atoms with Crippen molar-refractivity contribution in [1.29, 1.82) is 0 Å². The number of ketones is 1. The zero-order chi connectivity index (χ0) is 12.0. The summed E-state index contributed by atoms with van der Waals surface area (Å²) in [6.07, 6.45) is 0. The van der Waals surface area contributed by atoms with Crippen LogP contribution in [0.25, 0.3) is 0 Å². The third kappa shape index (κ3) is 3.47. The third-order valence-electron chi connectivity index (χ3n) is 2.02. The molecule has 0 aromatic heterocycles. The predicted molar refractivity (Wildman–Crippen MR) is 61.6 cm³/mol. The second kappa shape index (κ2) is 6.02. The summed E-state index contributed by atoms with van der Waals surface area (Å²) in [5.74, 6) is -0.331. The van der Waals surface area contributed by atoms with Crippen LogP contribution in [0.1, 0.15) is 24.2 Å². The molecule has 1 aromatic rings. The normalized spacial score (nSPS) is 9.88. The maximum Gasteiger partial charge on any atom is 0.250 e. The molecule has 1 amide bonds. The molecule has 0 fully saturated rings. The fourth-order valence-electron chi connectivity index (χ4n) is 1.28. The van der Waals surface area contributed by atoms with Gasteiger partial charge < -0.3 is 10.1 Å². The van der Waals surface area contributed by atoms with E-state index in [1.807, 2.05) is 6.92 Å². The van der Waals surface area contributed by atoms with Crippen LogP contribution < -0.4 is 5.32 Å². The standard InChI is InChI=1S/C12H15NO3/c1-3-16-8-12(15)13-11-7-5-4-6-10(11)9(2)14/h4-7H,3,8H2,1-2H3,(H,13,15). The smallest absolute Gasteiger partial charge is 0.250 e. The Morgan fingerprint density at radius 1 is 1.31 bits per heavy atom. The van der Waals surface area contributed by atoms with Crippen LogP contribution in [0.2, 0.25) is 0 Å². The average molecular weight is 221 g/mol. The Labute approximate surface area is 94.6 Å². The molecule has 1 N–H and O–H groups in total. The fraction of sp³-hybridized carbons (Fsp3) is 0.333. The summed E-state index contributed by atoms with van der Waals surface area (Å²) in [4.78, 5) is 22.7. The molecular formula is C12H15NO3. The third-order valence-corrected chi connectivity index (χ3v) is 2.02. The molecule has 0 saturated heterocycles. The molecule has 0 aliphatic rings. The molecule has 4 heteroatoms. The van der Waals surface area contributed by atoms with E-state index in [1.165, 1.54) is 6.92 Å². The summed E-state index contributed by atoms with van der Waals surface area (Å²) in [5, 5.41) is 2.64. The van der Waals surface area contributed by atoms with Crippen LogP contribution in [0, 0.1) is 0 Å². The van der Waals surface area contributed by atoms with Crippen LogP contribution in [0.3, 0.4) is 0 Å². The van der Waals surface area contributed by atoms with Crippen molar-refractivity contribution < 1.29 is 14.3 Å². The Morgan fingerprint density at radius 3 is 2.62 bits per heavy atom. The Morgan fingerprint density at radius 2 is 2.00 bits per heavy atom. The van der Waals surface area contributed by atoms with Gasteiger partial charge in [-0.3, -0.25) is 9.59 Å². The first-order valence-electron chi connectivity index (χ1n) is 5.12. The molecule has 0 saturated carbocycles. The number of carbonyl (C=O) groups excluding carboxylic acids is 2. The van der Waals surface area contributed by atoms with Gasteiger partial charge in [-0.1, -0.05) is 12.1 Å². The number of amides is 1. The van der Waals surface area contributed by atoms with E-state index in [0.29, 0.717) is 17.9 Å². The van der Waals surface area contributed by atoms with Crippen LogP contribution in [0.15, 0.2) is 24.3 Å². The number of ether oxygens (including phenoxy) is 1. The van der Waals surface area contributed by atoms with E-state index in [1.54, 1.807) is 24.3 Å². The number of hydrogen-bond acceptors (Lipinski definition) is 3. The molecule has 0 atom stereocenters. The molecule has 0 bridgehead atoms. The summed E-state index contributed by atoms with van der Waals surface area (Å²) in [6, 6.07) is 6.90. The van der Waals surface area contributed by atoms with Gasteiger partial charge in [0.05, 0.1) is 5.69 Å². The van der Waals surface area contributed by atoms with Gasteiger partial charge in [-0.05, 0) is 26.0 Å². The van der Waals surface area contributed by atoms with Crippen LogP contribution in [0.5, 0.6) is 0 Å². The van der Waals surface area contributed by atoms with Crippen molar-refractivity contribution in [1.82, 2.24) is 0 Å². The van der Waals surface area contributed by atoms with Gasteiger partial charge in [-0.2, -0.15) is 0 Å². The summed E-state index contributed by atoms with van der Waals surface area (Å²) >= 11 is 0. The number of Topliss-reactive ketones (excluding diaryl/α,β-unsaturated/α-hetero) is 1. The van der Waals surface area contributed by atoms with Crippen molar-refractivity contribution in [2.45, 2.75) is 13.8 Å². The highest BCUT2D eigenvalue weighted by atomic mass is 16.5. The van der Waals surface area contributed by atoms with Gasteiger partial charge in [0.15, 0.2) is 5.78 Å². The second-order valence-electron chi connectivity index (χ2n) is 3.29. The lowest BCUT2D eigenvalue weighted by Gasteiger charge is -2.08. The number of para-hydroxylation sites is 1. The van der Waals surface area contributed by atoms with E-state index >= 15 is 0 Å². The summed E-state index contributed by atoms with van der Waals surface area (Å²) < 4.78 is 4.97. The van der Waals surface area contributed by atoms with Gasteiger partial charge in [0, 0.05) is 12.2 Å².